The summed E-state index contributed by atoms with van der Waals surface area (Å²) in [6.45, 7) is -0.287. The first kappa shape index (κ1) is 19.2. The molecule has 2 aromatic rings. The number of aliphatic imine (C=N–C) groups is 1. The predicted molar refractivity (Wildman–Crippen MR) is 98.9 cm³/mol. The number of aromatic amines is 1. The van der Waals surface area contributed by atoms with Crippen LogP contribution in [0.4, 0.5) is 18.9 Å². The number of fused-ring (bicyclic) bond motifs is 1. The molecule has 2 atom stereocenters. The van der Waals surface area contributed by atoms with Crippen molar-refractivity contribution in [2.75, 3.05) is 18.5 Å². The Morgan fingerprint density at radius 1 is 1.31 bits per heavy atom. The molecule has 0 unspecified atom stereocenters. The van der Waals surface area contributed by atoms with Gasteiger partial charge in [0.1, 0.15) is 24.3 Å². The second-order valence-corrected chi connectivity index (χ2v) is 7.20. The van der Waals surface area contributed by atoms with Gasteiger partial charge in [0.2, 0.25) is 5.56 Å². The van der Waals surface area contributed by atoms with Crippen LogP contribution in [0.25, 0.3) is 0 Å². The van der Waals surface area contributed by atoms with Gasteiger partial charge in [0, 0.05) is 29.9 Å². The van der Waals surface area contributed by atoms with Gasteiger partial charge in [-0.1, -0.05) is 0 Å². The number of nitrogens with one attached hydrogen (secondary N) is 2. The Morgan fingerprint density at radius 3 is 2.79 bits per heavy atom. The molecule has 0 bridgehead atoms. The smallest absolute Gasteiger partial charge is 0.272 e. The van der Waals surface area contributed by atoms with Gasteiger partial charge < -0.3 is 20.8 Å². The highest BCUT2D eigenvalue weighted by atomic mass is 19.3. The first-order valence-corrected chi connectivity index (χ1v) is 8.79. The van der Waals surface area contributed by atoms with E-state index in [1.54, 1.807) is 0 Å². The maximum Gasteiger partial charge on any atom is 0.272 e. The van der Waals surface area contributed by atoms with E-state index < -0.39 is 35.5 Å². The van der Waals surface area contributed by atoms with Crippen LogP contribution in [-0.2, 0) is 10.2 Å². The minimum atomic E-state index is -3.14. The summed E-state index contributed by atoms with van der Waals surface area (Å²) in [7, 11) is 0. The number of rotatable bonds is 3. The number of anilines is 1. The lowest BCUT2D eigenvalue weighted by Crippen LogP contribution is -2.65. The molecule has 0 radical (unpaired) electrons. The zero-order chi connectivity index (χ0) is 20.8. The summed E-state index contributed by atoms with van der Waals surface area (Å²) < 4.78 is 48.5. The molecule has 1 aromatic heterocycles. The van der Waals surface area contributed by atoms with Crippen LogP contribution >= 0.6 is 0 Å². The van der Waals surface area contributed by atoms with E-state index in [1.807, 2.05) is 0 Å². The van der Waals surface area contributed by atoms with Gasteiger partial charge in [-0.25, -0.2) is 13.2 Å². The Hall–Kier alpha value is -3.14. The number of ether oxygens (including phenoxy) is 1. The van der Waals surface area contributed by atoms with Crippen LogP contribution < -0.4 is 16.6 Å². The van der Waals surface area contributed by atoms with Crippen molar-refractivity contribution in [2.45, 2.75) is 23.8 Å². The number of nitrogens with zero attached hydrogens (tertiary/aromatic N) is 1. The Kier molecular flexibility index (Phi) is 4.45. The fraction of sp³-hybridized carbons (Fsp3) is 0.316. The first-order valence-electron chi connectivity index (χ1n) is 8.79. The number of nitrogens with two attached hydrogens (primary N) is 1. The second-order valence-electron chi connectivity index (χ2n) is 7.20. The highest BCUT2D eigenvalue weighted by Gasteiger charge is 2.68. The Bertz CT molecular complexity index is 1050. The Morgan fingerprint density at radius 2 is 2.10 bits per heavy atom. The van der Waals surface area contributed by atoms with Crippen LogP contribution in [0, 0.1) is 5.82 Å². The highest BCUT2D eigenvalue weighted by molar-refractivity contribution is 6.04. The first-order chi connectivity index (χ1) is 13.7. The minimum Gasteiger partial charge on any atom is -0.386 e. The molecule has 4 rings (SSSR count). The number of hydrogen-bond acceptors (Lipinski definition) is 5. The highest BCUT2D eigenvalue weighted by Crippen LogP contribution is 2.56. The van der Waals surface area contributed by atoms with Crippen molar-refractivity contribution in [2.24, 2.45) is 10.7 Å². The largest absolute Gasteiger partial charge is 0.386 e. The van der Waals surface area contributed by atoms with Crippen molar-refractivity contribution in [1.82, 2.24) is 4.98 Å². The lowest BCUT2D eigenvalue weighted by Gasteiger charge is -2.52. The van der Waals surface area contributed by atoms with E-state index in [9.17, 15) is 22.8 Å². The van der Waals surface area contributed by atoms with Crippen LogP contribution in [0.3, 0.4) is 0 Å². The van der Waals surface area contributed by atoms with E-state index in [-0.39, 0.29) is 41.4 Å². The molecule has 4 N–H and O–H groups in total. The molecule has 29 heavy (non-hydrogen) atoms. The number of pyridine rings is 1. The number of hydrogen-bond donors (Lipinski definition) is 3. The van der Waals surface area contributed by atoms with Crippen LogP contribution in [-0.4, -0.2) is 41.9 Å². The van der Waals surface area contributed by atoms with Crippen LogP contribution in [0.5, 0.6) is 0 Å². The summed E-state index contributed by atoms with van der Waals surface area (Å²) in [6.07, 6.45) is 0.593. The molecule has 7 nitrogen and oxygen atoms in total. The van der Waals surface area contributed by atoms with Gasteiger partial charge in [-0.05, 0) is 24.3 Å². The molecule has 2 heterocycles. The summed E-state index contributed by atoms with van der Waals surface area (Å²) in [6, 6.07) is 4.70. The molecule has 1 saturated carbocycles. The third kappa shape index (κ3) is 3.29. The molecule has 10 heteroatoms. The topological polar surface area (TPSA) is 110 Å². The van der Waals surface area contributed by atoms with Gasteiger partial charge in [-0.2, -0.15) is 0 Å². The van der Waals surface area contributed by atoms with Crippen molar-refractivity contribution >= 4 is 17.4 Å². The quantitative estimate of drug-likeness (QED) is 0.722. The van der Waals surface area contributed by atoms with Crippen molar-refractivity contribution < 1.29 is 22.7 Å². The van der Waals surface area contributed by atoms with Crippen LogP contribution in [0.1, 0.15) is 22.3 Å². The van der Waals surface area contributed by atoms with Crippen molar-refractivity contribution in [3.63, 3.8) is 0 Å². The standard InChI is InChI=1S/C19H17F3N4O3/c20-13-3-2-11(25-16(28)10-1-4-15(27)24-6-10)5-12(13)18-8-19(21,22)17(18)26-14(23)7-29-9-18/h1-6,17H,7-9H2,(H2,23,26)(H,24,27)(H,25,28)/t17-,18-/m0/s1. The number of amides is 1. The zero-order valence-electron chi connectivity index (χ0n) is 15.0. The third-order valence-corrected chi connectivity index (χ3v) is 5.19. The summed E-state index contributed by atoms with van der Waals surface area (Å²) in [5.74, 6) is -4.46. The molecule has 1 amide bonds. The molecular formula is C19H17F3N4O3. The monoisotopic (exact) mass is 406 g/mol. The lowest BCUT2D eigenvalue weighted by atomic mass is 9.58. The molecule has 1 aromatic carbocycles. The van der Waals surface area contributed by atoms with E-state index in [4.69, 9.17) is 10.5 Å². The number of carbonyl (C=O) groups excluding carboxylic acids is 1. The summed E-state index contributed by atoms with van der Waals surface area (Å²) >= 11 is 0. The fourth-order valence-electron chi connectivity index (χ4n) is 3.84. The van der Waals surface area contributed by atoms with Gasteiger partial charge in [0.15, 0.2) is 0 Å². The number of halogens is 3. The molecular weight excluding hydrogens is 389 g/mol. The number of benzene rings is 1. The Labute approximate surface area is 162 Å². The van der Waals surface area contributed by atoms with Crippen molar-refractivity contribution in [1.29, 1.82) is 0 Å². The maximum absolute atomic E-state index is 14.7. The number of aromatic nitrogens is 1. The molecule has 1 aliphatic heterocycles. The number of alkyl halides is 2. The lowest BCUT2D eigenvalue weighted by molar-refractivity contribution is -0.161. The van der Waals surface area contributed by atoms with Crippen molar-refractivity contribution in [3.05, 3.63) is 63.8 Å². The third-order valence-electron chi connectivity index (χ3n) is 5.19. The van der Waals surface area contributed by atoms with Gasteiger partial charge in [0.05, 0.1) is 17.6 Å². The Balaban J connectivity index is 1.67. The number of carbonyl (C=O) groups is 1. The number of amidine groups is 1. The summed E-state index contributed by atoms with van der Waals surface area (Å²) in [4.78, 5) is 29.7. The maximum atomic E-state index is 14.7. The number of H-pyrrole nitrogens is 1. The normalized spacial score (nSPS) is 25.2. The molecule has 1 aliphatic carbocycles. The molecule has 0 saturated heterocycles. The molecule has 1 fully saturated rings. The van der Waals surface area contributed by atoms with E-state index in [0.29, 0.717) is 0 Å². The average Bonchev–Trinajstić information content (AvgIpc) is 2.81. The second kappa shape index (κ2) is 6.73. The molecule has 2 aliphatic rings. The summed E-state index contributed by atoms with van der Waals surface area (Å²) in [5, 5.41) is 2.57. The van der Waals surface area contributed by atoms with Gasteiger partial charge >= 0.3 is 0 Å². The van der Waals surface area contributed by atoms with Crippen molar-refractivity contribution in [3.8, 4) is 0 Å². The van der Waals surface area contributed by atoms with Gasteiger partial charge in [-0.15, -0.1) is 0 Å². The predicted octanol–water partition coefficient (Wildman–Crippen LogP) is 1.80. The van der Waals surface area contributed by atoms with E-state index >= 15 is 0 Å². The van der Waals surface area contributed by atoms with E-state index in [2.05, 4.69) is 15.3 Å². The average molecular weight is 406 g/mol. The molecule has 0 spiro atoms. The van der Waals surface area contributed by atoms with Crippen LogP contribution in [0.2, 0.25) is 0 Å². The fourth-order valence-corrected chi connectivity index (χ4v) is 3.84. The van der Waals surface area contributed by atoms with Gasteiger partial charge in [-0.3, -0.25) is 14.6 Å². The molecule has 152 valence electrons. The van der Waals surface area contributed by atoms with E-state index in [1.165, 1.54) is 30.5 Å². The van der Waals surface area contributed by atoms with Gasteiger partial charge in [0.25, 0.3) is 11.8 Å². The SMILES string of the molecule is NC1=N[C@@H]2C(F)(F)C[C@@]2(c2cc(NC(=O)c3ccc(=O)[nH]c3)ccc2F)COC1. The zero-order valence-corrected chi connectivity index (χ0v) is 15.0. The minimum absolute atomic E-state index is 0.0221. The van der Waals surface area contributed by atoms with Crippen LogP contribution in [0.15, 0.2) is 46.3 Å². The summed E-state index contributed by atoms with van der Waals surface area (Å²) in [5.41, 5.74) is 4.22. The van der Waals surface area contributed by atoms with E-state index in [0.717, 1.165) is 6.07 Å².